The van der Waals surface area contributed by atoms with Crippen molar-refractivity contribution >= 4 is 5.78 Å². The van der Waals surface area contributed by atoms with Crippen LogP contribution in [0.5, 0.6) is 0 Å². The van der Waals surface area contributed by atoms with Crippen LogP contribution in [0.1, 0.15) is 29.6 Å². The van der Waals surface area contributed by atoms with Crippen LogP contribution >= 0.6 is 0 Å². The van der Waals surface area contributed by atoms with Gasteiger partial charge in [0, 0.05) is 5.56 Å². The van der Waals surface area contributed by atoms with Gasteiger partial charge in [0.2, 0.25) is 0 Å². The zero-order valence-electron chi connectivity index (χ0n) is 8.28. The summed E-state index contributed by atoms with van der Waals surface area (Å²) in [5.41, 5.74) is 6.46. The molecule has 2 nitrogen and oxygen atoms in total. The standard InChI is InChI=1S/C12H16NO/c1-2-3-9-11(13)12(14)10-7-5-4-6-8-10/h4-8,11H,1-3,9,13H2. The van der Waals surface area contributed by atoms with Crippen LogP contribution in [0.2, 0.25) is 0 Å². The van der Waals surface area contributed by atoms with Gasteiger partial charge in [-0.2, -0.15) is 0 Å². The SMILES string of the molecule is [CH2]CCCC(N)C(=O)c1ccccc1. The lowest BCUT2D eigenvalue weighted by Gasteiger charge is -2.09. The van der Waals surface area contributed by atoms with Gasteiger partial charge in [-0.05, 0) is 6.42 Å². The van der Waals surface area contributed by atoms with E-state index in [4.69, 9.17) is 5.73 Å². The van der Waals surface area contributed by atoms with Crippen LogP contribution in [0.15, 0.2) is 30.3 Å². The molecule has 0 aliphatic heterocycles. The van der Waals surface area contributed by atoms with E-state index in [0.717, 1.165) is 19.3 Å². The smallest absolute Gasteiger partial charge is 0.179 e. The number of ketones is 1. The molecule has 1 aromatic carbocycles. The molecule has 14 heavy (non-hydrogen) atoms. The number of nitrogens with two attached hydrogens (primary N) is 1. The number of carbonyl (C=O) groups excluding carboxylic acids is 1. The molecule has 0 bridgehead atoms. The summed E-state index contributed by atoms with van der Waals surface area (Å²) in [4.78, 5) is 11.7. The van der Waals surface area contributed by atoms with Gasteiger partial charge in [-0.1, -0.05) is 50.1 Å². The van der Waals surface area contributed by atoms with E-state index in [0.29, 0.717) is 5.56 Å². The highest BCUT2D eigenvalue weighted by molar-refractivity contribution is 5.99. The Morgan fingerprint density at radius 1 is 1.36 bits per heavy atom. The molecule has 0 aliphatic carbocycles. The number of hydrogen-bond acceptors (Lipinski definition) is 2. The molecule has 1 radical (unpaired) electrons. The molecule has 2 heteroatoms. The number of benzene rings is 1. The lowest BCUT2D eigenvalue weighted by molar-refractivity contribution is 0.0956. The van der Waals surface area contributed by atoms with Gasteiger partial charge in [-0.25, -0.2) is 0 Å². The minimum Gasteiger partial charge on any atom is -0.321 e. The first kappa shape index (κ1) is 10.9. The number of carbonyl (C=O) groups is 1. The third-order valence-corrected chi connectivity index (χ3v) is 2.16. The number of hydrogen-bond donors (Lipinski definition) is 1. The Morgan fingerprint density at radius 2 is 2.00 bits per heavy atom. The highest BCUT2D eigenvalue weighted by Gasteiger charge is 2.13. The summed E-state index contributed by atoms with van der Waals surface area (Å²) in [7, 11) is 0. The molecule has 0 fully saturated rings. The summed E-state index contributed by atoms with van der Waals surface area (Å²) in [5, 5.41) is 0. The molecule has 0 amide bonds. The molecular weight excluding hydrogens is 174 g/mol. The Labute approximate surface area is 85.1 Å². The molecule has 1 rings (SSSR count). The first-order valence-corrected chi connectivity index (χ1v) is 4.90. The normalized spacial score (nSPS) is 12.4. The van der Waals surface area contributed by atoms with Crippen molar-refractivity contribution in [1.82, 2.24) is 0 Å². The van der Waals surface area contributed by atoms with Crippen LogP contribution in [0.25, 0.3) is 0 Å². The molecule has 0 spiro atoms. The largest absolute Gasteiger partial charge is 0.321 e. The molecule has 0 aliphatic rings. The van der Waals surface area contributed by atoms with Crippen LogP contribution in [0, 0.1) is 6.92 Å². The zero-order valence-corrected chi connectivity index (χ0v) is 8.28. The van der Waals surface area contributed by atoms with Gasteiger partial charge in [0.15, 0.2) is 5.78 Å². The van der Waals surface area contributed by atoms with Crippen LogP contribution in [0.4, 0.5) is 0 Å². The Hall–Kier alpha value is -1.15. The van der Waals surface area contributed by atoms with Gasteiger partial charge in [-0.15, -0.1) is 0 Å². The minimum absolute atomic E-state index is 0.0269. The molecule has 1 atom stereocenters. The van der Waals surface area contributed by atoms with Crippen molar-refractivity contribution in [1.29, 1.82) is 0 Å². The quantitative estimate of drug-likeness (QED) is 0.723. The maximum atomic E-state index is 11.7. The van der Waals surface area contributed by atoms with Crippen LogP contribution in [-0.4, -0.2) is 11.8 Å². The maximum Gasteiger partial charge on any atom is 0.179 e. The van der Waals surface area contributed by atoms with E-state index >= 15 is 0 Å². The van der Waals surface area contributed by atoms with Crippen molar-refractivity contribution in [2.24, 2.45) is 5.73 Å². The van der Waals surface area contributed by atoms with Crippen molar-refractivity contribution in [2.45, 2.75) is 25.3 Å². The summed E-state index contributed by atoms with van der Waals surface area (Å²) in [6.45, 7) is 3.72. The lowest BCUT2D eigenvalue weighted by atomic mass is 10.0. The number of unbranched alkanes of at least 4 members (excludes halogenated alkanes) is 1. The third-order valence-electron chi connectivity index (χ3n) is 2.16. The molecule has 1 unspecified atom stereocenters. The predicted molar refractivity (Wildman–Crippen MR) is 58.0 cm³/mol. The van der Waals surface area contributed by atoms with Gasteiger partial charge in [0.25, 0.3) is 0 Å². The van der Waals surface area contributed by atoms with E-state index in [1.54, 1.807) is 12.1 Å². The van der Waals surface area contributed by atoms with E-state index in [1.807, 2.05) is 18.2 Å². The molecule has 0 saturated carbocycles. The fraction of sp³-hybridized carbons (Fsp3) is 0.333. The van der Waals surface area contributed by atoms with Crippen molar-refractivity contribution in [3.05, 3.63) is 42.8 Å². The summed E-state index contributed by atoms with van der Waals surface area (Å²) >= 11 is 0. The second kappa shape index (κ2) is 5.55. The third kappa shape index (κ3) is 2.96. The second-order valence-corrected chi connectivity index (χ2v) is 3.33. The van der Waals surface area contributed by atoms with Gasteiger partial charge < -0.3 is 5.73 Å². The van der Waals surface area contributed by atoms with Gasteiger partial charge in [0.05, 0.1) is 6.04 Å². The monoisotopic (exact) mass is 190 g/mol. The maximum absolute atomic E-state index is 11.7. The fourth-order valence-electron chi connectivity index (χ4n) is 1.31. The van der Waals surface area contributed by atoms with E-state index in [-0.39, 0.29) is 11.8 Å². The predicted octanol–water partition coefficient (Wildman–Crippen LogP) is 2.20. The lowest BCUT2D eigenvalue weighted by Crippen LogP contribution is -2.30. The molecule has 0 saturated heterocycles. The van der Waals surface area contributed by atoms with Gasteiger partial charge in [-0.3, -0.25) is 4.79 Å². The van der Waals surface area contributed by atoms with Gasteiger partial charge >= 0.3 is 0 Å². The zero-order chi connectivity index (χ0) is 10.4. The van der Waals surface area contributed by atoms with E-state index in [9.17, 15) is 4.79 Å². The van der Waals surface area contributed by atoms with Crippen molar-refractivity contribution < 1.29 is 4.79 Å². The highest BCUT2D eigenvalue weighted by atomic mass is 16.1. The molecule has 0 heterocycles. The highest BCUT2D eigenvalue weighted by Crippen LogP contribution is 2.06. The molecule has 75 valence electrons. The fourth-order valence-corrected chi connectivity index (χ4v) is 1.31. The number of Topliss-reactive ketones (excluding diaryl/α,β-unsaturated/α-hetero) is 1. The average Bonchev–Trinajstić information content (AvgIpc) is 2.26. The van der Waals surface area contributed by atoms with Crippen molar-refractivity contribution in [2.75, 3.05) is 0 Å². The van der Waals surface area contributed by atoms with Crippen molar-refractivity contribution in [3.63, 3.8) is 0 Å². The molecule has 1 aromatic rings. The first-order valence-electron chi connectivity index (χ1n) is 4.90. The summed E-state index contributed by atoms with van der Waals surface area (Å²) in [5.74, 6) is 0.0269. The molecular formula is C12H16NO. The average molecular weight is 190 g/mol. The van der Waals surface area contributed by atoms with E-state index in [1.165, 1.54) is 0 Å². The van der Waals surface area contributed by atoms with Crippen molar-refractivity contribution in [3.8, 4) is 0 Å². The topological polar surface area (TPSA) is 43.1 Å². The number of rotatable bonds is 5. The molecule has 2 N–H and O–H groups in total. The Kier molecular flexibility index (Phi) is 4.33. The minimum atomic E-state index is -0.376. The van der Waals surface area contributed by atoms with Crippen LogP contribution in [-0.2, 0) is 0 Å². The molecule has 0 aromatic heterocycles. The Bertz CT molecular complexity index is 282. The van der Waals surface area contributed by atoms with E-state index in [2.05, 4.69) is 6.92 Å². The van der Waals surface area contributed by atoms with Crippen LogP contribution < -0.4 is 5.73 Å². The summed E-state index contributed by atoms with van der Waals surface area (Å²) < 4.78 is 0. The second-order valence-electron chi connectivity index (χ2n) is 3.33. The summed E-state index contributed by atoms with van der Waals surface area (Å²) in [6, 6.07) is 8.80. The van der Waals surface area contributed by atoms with Crippen LogP contribution in [0.3, 0.4) is 0 Å². The Balaban J connectivity index is 2.57. The Morgan fingerprint density at radius 3 is 2.57 bits per heavy atom. The summed E-state index contributed by atoms with van der Waals surface area (Å²) in [6.07, 6.45) is 2.45. The first-order chi connectivity index (χ1) is 6.75. The van der Waals surface area contributed by atoms with E-state index < -0.39 is 0 Å². The van der Waals surface area contributed by atoms with Gasteiger partial charge in [0.1, 0.15) is 0 Å².